The summed E-state index contributed by atoms with van der Waals surface area (Å²) in [6.45, 7) is 13.7. The number of benzene rings is 3. The highest BCUT2D eigenvalue weighted by Crippen LogP contribution is 2.32. The molecule has 1 aliphatic rings. The molecule has 0 radical (unpaired) electrons. The Balaban J connectivity index is 0.00000122. The second-order valence-corrected chi connectivity index (χ2v) is 18.3. The topological polar surface area (TPSA) is 206 Å². The average Bonchev–Trinajstić information content (AvgIpc) is 3.68. The smallest absolute Gasteiger partial charge is 0.475 e. The number of fused-ring (bicyclic) bond motifs is 1. The van der Waals surface area contributed by atoms with Gasteiger partial charge in [-0.1, -0.05) is 36.4 Å². The predicted molar refractivity (Wildman–Crippen MR) is 239 cm³/mol. The Morgan fingerprint density at radius 2 is 1.45 bits per heavy atom. The summed E-state index contributed by atoms with van der Waals surface area (Å²) in [5.74, 6) is -3.34. The zero-order chi connectivity index (χ0) is 48.1. The fraction of sp³-hybridized carbons (Fsp3) is 0.479. The normalized spacial score (nSPS) is 15.7. The Labute approximate surface area is 376 Å². The maximum absolute atomic E-state index is 13.9. The van der Waals surface area contributed by atoms with E-state index >= 15 is 0 Å². The van der Waals surface area contributed by atoms with Crippen LogP contribution in [0.3, 0.4) is 0 Å². The van der Waals surface area contributed by atoms with Crippen molar-refractivity contribution in [2.75, 3.05) is 18.4 Å². The molecule has 4 aromatic rings. The molecule has 0 bridgehead atoms. The first-order chi connectivity index (χ1) is 30.4. The second-order valence-electron chi connectivity index (χ2n) is 18.3. The van der Waals surface area contributed by atoms with Crippen LogP contribution in [0.15, 0.2) is 66.9 Å². The van der Waals surface area contributed by atoms with E-state index in [0.29, 0.717) is 56.4 Å². The number of nitrogens with one attached hydrogen (secondary N) is 4. The largest absolute Gasteiger partial charge is 0.490 e. The van der Waals surface area contributed by atoms with E-state index in [1.165, 1.54) is 0 Å². The number of carbonyl (C=O) groups is 6. The number of aromatic amines is 1. The van der Waals surface area contributed by atoms with Gasteiger partial charge in [0.25, 0.3) is 0 Å². The highest BCUT2D eigenvalue weighted by Gasteiger charge is 2.38. The van der Waals surface area contributed by atoms with E-state index in [0.717, 1.165) is 46.0 Å². The molecule has 17 heteroatoms. The molecule has 14 nitrogen and oxygen atoms in total. The van der Waals surface area contributed by atoms with Crippen LogP contribution in [-0.4, -0.2) is 81.4 Å². The quantitative estimate of drug-likeness (QED) is 0.0564. The fourth-order valence-corrected chi connectivity index (χ4v) is 7.32. The van der Waals surface area contributed by atoms with E-state index in [9.17, 15) is 37.1 Å². The Kier molecular flexibility index (Phi) is 17.8. The van der Waals surface area contributed by atoms with Crippen molar-refractivity contribution in [1.29, 1.82) is 0 Å². The molecular weight excluding hydrogens is 848 g/mol. The van der Waals surface area contributed by atoms with Gasteiger partial charge >= 0.3 is 24.3 Å². The van der Waals surface area contributed by atoms with Gasteiger partial charge in [-0.3, -0.25) is 19.5 Å². The van der Waals surface area contributed by atoms with Crippen LogP contribution in [-0.2, 0) is 30.3 Å². The van der Waals surface area contributed by atoms with Crippen molar-refractivity contribution in [1.82, 2.24) is 20.8 Å². The maximum Gasteiger partial charge on any atom is 0.490 e. The lowest BCUT2D eigenvalue weighted by Gasteiger charge is -2.29. The van der Waals surface area contributed by atoms with Gasteiger partial charge < -0.3 is 30.5 Å². The molecule has 3 aromatic carbocycles. The molecule has 3 amide bonds. The highest BCUT2D eigenvalue weighted by atomic mass is 19.4. The first-order valence-electron chi connectivity index (χ1n) is 21.6. The van der Waals surface area contributed by atoms with Crippen molar-refractivity contribution in [2.45, 2.75) is 117 Å². The van der Waals surface area contributed by atoms with E-state index in [1.54, 1.807) is 27.0 Å². The molecule has 1 saturated carbocycles. The van der Waals surface area contributed by atoms with Crippen LogP contribution >= 0.6 is 0 Å². The van der Waals surface area contributed by atoms with Gasteiger partial charge in [-0.2, -0.15) is 18.3 Å². The van der Waals surface area contributed by atoms with E-state index in [4.69, 9.17) is 19.4 Å². The van der Waals surface area contributed by atoms with Gasteiger partial charge in [0.15, 0.2) is 5.78 Å². The maximum atomic E-state index is 13.9. The molecule has 65 heavy (non-hydrogen) atoms. The zero-order valence-corrected chi connectivity index (χ0v) is 37.9. The third-order valence-corrected chi connectivity index (χ3v) is 10.6. The van der Waals surface area contributed by atoms with Crippen LogP contribution in [0.25, 0.3) is 22.0 Å². The minimum atomic E-state index is -5.08. The number of aliphatic carboxylic acids is 1. The number of ketones is 2. The van der Waals surface area contributed by atoms with Crippen molar-refractivity contribution >= 4 is 52.2 Å². The van der Waals surface area contributed by atoms with Gasteiger partial charge in [0.05, 0.1) is 11.7 Å². The molecule has 0 saturated heterocycles. The number of Topliss-reactive ketones (excluding diaryl/α,β-unsaturated/α-hetero) is 2. The van der Waals surface area contributed by atoms with E-state index < -0.39 is 41.5 Å². The van der Waals surface area contributed by atoms with Crippen LogP contribution in [0.2, 0.25) is 0 Å². The SMILES string of the molecule is Cc1cc(C(=O)CCCNC(=O)OC(C)(C)C)ccc1-c1ccc(C[C@H](CC(=O)C2CCC(CNC(=O)OC(C)(C)C)CC2)C(=O)Nc2ccc3cn[nH]c3c2)cc1.O=C(O)C(F)(F)F. The van der Waals surface area contributed by atoms with Crippen LogP contribution in [0.4, 0.5) is 28.4 Å². The van der Waals surface area contributed by atoms with E-state index in [2.05, 4.69) is 26.1 Å². The Bertz CT molecular complexity index is 2290. The monoisotopic (exact) mass is 907 g/mol. The summed E-state index contributed by atoms with van der Waals surface area (Å²) in [7, 11) is 0. The molecule has 0 aliphatic heterocycles. The molecule has 5 rings (SSSR count). The van der Waals surface area contributed by atoms with Gasteiger partial charge in [0.2, 0.25) is 5.91 Å². The van der Waals surface area contributed by atoms with E-state index in [1.807, 2.05) is 88.4 Å². The van der Waals surface area contributed by atoms with Crippen molar-refractivity contribution < 1.29 is 56.5 Å². The van der Waals surface area contributed by atoms with Crippen molar-refractivity contribution in [2.24, 2.45) is 17.8 Å². The molecule has 5 N–H and O–H groups in total. The lowest BCUT2D eigenvalue weighted by molar-refractivity contribution is -0.192. The van der Waals surface area contributed by atoms with Crippen LogP contribution < -0.4 is 16.0 Å². The van der Waals surface area contributed by atoms with Crippen LogP contribution in [0, 0.1) is 24.7 Å². The summed E-state index contributed by atoms with van der Waals surface area (Å²) in [5.41, 5.74) is 4.76. The summed E-state index contributed by atoms with van der Waals surface area (Å²) in [6, 6.07) is 19.2. The average molecular weight is 908 g/mol. The van der Waals surface area contributed by atoms with Crippen molar-refractivity contribution in [3.05, 3.63) is 83.6 Å². The number of nitrogens with zero attached hydrogens (tertiary/aromatic N) is 1. The van der Waals surface area contributed by atoms with Gasteiger partial charge in [0, 0.05) is 54.4 Å². The molecule has 1 aliphatic carbocycles. The van der Waals surface area contributed by atoms with Gasteiger partial charge in [0.1, 0.15) is 17.0 Å². The molecular formula is C48H60F3N5O9. The number of anilines is 1. The minimum Gasteiger partial charge on any atom is -0.475 e. The number of hydrogen-bond acceptors (Lipinski definition) is 9. The second kappa shape index (κ2) is 22.6. The molecule has 1 aromatic heterocycles. The molecule has 352 valence electrons. The Morgan fingerprint density at radius 1 is 0.831 bits per heavy atom. The number of amides is 3. The van der Waals surface area contributed by atoms with Crippen molar-refractivity contribution in [3.8, 4) is 11.1 Å². The van der Waals surface area contributed by atoms with E-state index in [-0.39, 0.29) is 35.7 Å². The number of carboxylic acids is 1. The minimum absolute atomic E-state index is 0.00239. The lowest BCUT2D eigenvalue weighted by Crippen LogP contribution is -2.37. The van der Waals surface area contributed by atoms with Crippen molar-refractivity contribution in [3.63, 3.8) is 0 Å². The summed E-state index contributed by atoms with van der Waals surface area (Å²) >= 11 is 0. The number of alkyl halides is 3. The summed E-state index contributed by atoms with van der Waals surface area (Å²) in [4.78, 5) is 73.6. The first-order valence-corrected chi connectivity index (χ1v) is 21.6. The molecule has 0 unspecified atom stereocenters. The third kappa shape index (κ3) is 17.3. The van der Waals surface area contributed by atoms with Crippen LogP contribution in [0.1, 0.15) is 108 Å². The number of hydrogen-bond donors (Lipinski definition) is 5. The number of ether oxygens (including phenoxy) is 2. The highest BCUT2D eigenvalue weighted by molar-refractivity contribution is 5.98. The van der Waals surface area contributed by atoms with Gasteiger partial charge in [-0.05, 0) is 139 Å². The molecule has 0 spiro atoms. The first kappa shape index (κ1) is 51.4. The lowest BCUT2D eigenvalue weighted by atomic mass is 9.77. The molecule has 1 atom stereocenters. The number of aromatic nitrogens is 2. The Morgan fingerprint density at radius 3 is 2.03 bits per heavy atom. The number of carboxylic acid groups (broad SMARTS) is 1. The third-order valence-electron chi connectivity index (χ3n) is 10.6. The molecule has 1 heterocycles. The zero-order valence-electron chi connectivity index (χ0n) is 37.9. The number of carbonyl (C=O) groups excluding carboxylic acids is 5. The number of aryl methyl sites for hydroxylation is 1. The number of alkyl carbamates (subject to hydrolysis) is 2. The van der Waals surface area contributed by atoms with Gasteiger partial charge in [-0.25, -0.2) is 14.4 Å². The summed E-state index contributed by atoms with van der Waals surface area (Å²) < 4.78 is 42.4. The number of rotatable bonds is 15. The number of halogens is 3. The molecule has 1 fully saturated rings. The number of H-pyrrole nitrogens is 1. The summed E-state index contributed by atoms with van der Waals surface area (Å²) in [5, 5.41) is 23.7. The summed E-state index contributed by atoms with van der Waals surface area (Å²) in [6.07, 6.45) is 0.0803. The predicted octanol–water partition coefficient (Wildman–Crippen LogP) is 9.75. The van der Waals surface area contributed by atoms with Crippen LogP contribution in [0.5, 0.6) is 0 Å². The fourth-order valence-electron chi connectivity index (χ4n) is 7.32. The van der Waals surface area contributed by atoms with Gasteiger partial charge in [-0.15, -0.1) is 0 Å². The Hall–Kier alpha value is -6.26. The standard InChI is InChI=1S/C46H59N5O7.C2HF3O2/c1-29-23-34(40(52)9-8-22-47-43(55)57-45(2,3)4)19-21-38(29)32-14-10-30(11-15-32)24-36(42(54)50-37-20-18-35-28-49-51-39(35)26-37)25-41(53)33-16-12-31(13-17-33)27-48-44(56)58-46(5,6)7;3-2(4,5)1(6)7/h10-11,14-15,18-21,23,26,28,31,33,36H,8-9,12-13,16-17,22,24-25,27H2,1-7H3,(H,47,55)(H,48,56)(H,49,51)(H,50,54);(H,6,7)/t31?,33?,36-;/m1./s1.